The Morgan fingerprint density at radius 3 is 0.483 bits per heavy atom. The zero-order valence-electron chi connectivity index (χ0n) is 21.6. The molecule has 0 rings (SSSR count). The van der Waals surface area contributed by atoms with Crippen LogP contribution in [-0.4, -0.2) is 35.4 Å². The molecule has 0 heterocycles. The average Bonchev–Trinajstić information content (AvgIpc) is 2.66. The molecule has 0 aliphatic carbocycles. The predicted octanol–water partition coefficient (Wildman–Crippen LogP) is 2.74. The van der Waals surface area contributed by atoms with E-state index in [0.29, 0.717) is 23.7 Å². The van der Waals surface area contributed by atoms with Crippen LogP contribution in [-0.2, 0) is 0 Å². The molecule has 5 heteroatoms. The Hall–Kier alpha value is 0.0569. The second kappa shape index (κ2) is 26.1. The molecule has 0 bridgehead atoms. The summed E-state index contributed by atoms with van der Waals surface area (Å²) in [4.78, 5) is 0. The van der Waals surface area contributed by atoms with E-state index in [-0.39, 0.29) is 35.4 Å². The molecule has 0 radical (unpaired) electrons. The molecule has 0 aromatic carbocycles. The van der Waals surface area contributed by atoms with Crippen LogP contribution in [0, 0.1) is 23.7 Å². The van der Waals surface area contributed by atoms with E-state index < -0.39 is 0 Å². The molecule has 8 unspecified atom stereocenters. The third kappa shape index (κ3) is 32.9. The quantitative estimate of drug-likeness (QED) is 0.551. The van der Waals surface area contributed by atoms with Crippen molar-refractivity contribution in [3.63, 3.8) is 0 Å². The van der Waals surface area contributed by atoms with E-state index in [1.165, 1.54) is 0 Å². The van der Waals surface area contributed by atoms with Gasteiger partial charge in [0, 0.05) is 0 Å². The van der Waals surface area contributed by atoms with Crippen molar-refractivity contribution in [3.05, 3.63) is 0 Å². The van der Waals surface area contributed by atoms with Crippen LogP contribution < -0.4 is 20.4 Å². The van der Waals surface area contributed by atoms with Crippen molar-refractivity contribution in [1.29, 1.82) is 0 Å². The third-order valence-corrected chi connectivity index (χ3v) is 5.78. The molecule has 176 valence electrons. The molecule has 0 aliphatic heterocycles. The van der Waals surface area contributed by atoms with E-state index in [4.69, 9.17) is 0 Å². The molecular weight excluding hydrogens is 380 g/mol. The molecule has 8 atom stereocenters. The number of rotatable bonds is 8. The predicted molar refractivity (Wildman–Crippen MR) is 121 cm³/mol. The van der Waals surface area contributed by atoms with Crippen LogP contribution in [0.15, 0.2) is 0 Å². The fraction of sp³-hybridized carbons (Fsp3) is 1.00. The number of hydrogen-bond donors (Lipinski definition) is 0. The summed E-state index contributed by atoms with van der Waals surface area (Å²) in [6.07, 6.45) is 2.48. The molecule has 0 saturated heterocycles. The Bertz CT molecular complexity index is 228. The van der Waals surface area contributed by atoms with Crippen LogP contribution in [0.1, 0.15) is 109 Å². The number of hydrogen-bond acceptors (Lipinski definition) is 4. The normalized spacial score (nSPS) is 18.2. The van der Waals surface area contributed by atoms with Crippen molar-refractivity contribution in [2.24, 2.45) is 23.7 Å². The van der Waals surface area contributed by atoms with E-state index in [2.05, 4.69) is 0 Å². The van der Waals surface area contributed by atoms with Crippen LogP contribution in [0.2, 0.25) is 0 Å². The average molecular weight is 433 g/mol. The fourth-order valence-corrected chi connectivity index (χ4v) is 1.33. The first-order chi connectivity index (χ1) is 12.7. The summed E-state index contributed by atoms with van der Waals surface area (Å²) < 4.78 is 0. The third-order valence-electron chi connectivity index (χ3n) is 5.78. The van der Waals surface area contributed by atoms with Crippen molar-refractivity contribution in [2.45, 2.75) is 133 Å². The molecule has 0 aromatic heterocycles. The topological polar surface area (TPSA) is 92.2 Å². The standard InChI is InChI=1S/4C6H13O.Si/c4*1-4-5(2)6(3)7;/h4*5-6H,4H2,1-3H3;/q4*-1;+4. The van der Waals surface area contributed by atoms with Crippen LogP contribution in [0.3, 0.4) is 0 Å². The summed E-state index contributed by atoms with van der Waals surface area (Å²) in [5.74, 6) is 1.39. The van der Waals surface area contributed by atoms with Gasteiger partial charge >= 0.3 is 11.0 Å². The van der Waals surface area contributed by atoms with Crippen molar-refractivity contribution in [3.8, 4) is 0 Å². The van der Waals surface area contributed by atoms with E-state index >= 15 is 0 Å². The SMILES string of the molecule is CCC(C)C(C)[O-].CCC(C)C(C)[O-].CCC(C)C(C)[O-].CCC(C)C(C)[O-].[Si+4]. The van der Waals surface area contributed by atoms with Gasteiger partial charge in [0.05, 0.1) is 0 Å². The summed E-state index contributed by atoms with van der Waals surface area (Å²) in [6, 6.07) is 0. The zero-order valence-corrected chi connectivity index (χ0v) is 22.6. The fourth-order valence-electron chi connectivity index (χ4n) is 1.33. The van der Waals surface area contributed by atoms with E-state index in [0.717, 1.165) is 25.7 Å². The van der Waals surface area contributed by atoms with Crippen LogP contribution >= 0.6 is 0 Å². The minimum Gasteiger partial charge on any atom is -0.852 e. The van der Waals surface area contributed by atoms with Crippen LogP contribution in [0.4, 0.5) is 0 Å². The van der Waals surface area contributed by atoms with Gasteiger partial charge in [0.1, 0.15) is 0 Å². The summed E-state index contributed by atoms with van der Waals surface area (Å²) in [5, 5.41) is 41.8. The Kier molecular flexibility index (Phi) is 35.6. The van der Waals surface area contributed by atoms with Crippen molar-refractivity contribution < 1.29 is 20.4 Å². The van der Waals surface area contributed by atoms with Gasteiger partial charge in [-0.25, -0.2) is 0 Å². The molecule has 0 spiro atoms. The summed E-state index contributed by atoms with van der Waals surface area (Å²) in [7, 11) is 0. The van der Waals surface area contributed by atoms with Crippen molar-refractivity contribution in [1.82, 2.24) is 0 Å². The van der Waals surface area contributed by atoms with E-state index in [1.807, 2.05) is 55.4 Å². The van der Waals surface area contributed by atoms with Gasteiger partial charge in [0.15, 0.2) is 0 Å². The monoisotopic (exact) mass is 432 g/mol. The summed E-state index contributed by atoms with van der Waals surface area (Å²) in [6.45, 7) is 23.0. The maximum Gasteiger partial charge on any atom is 4.00 e. The smallest absolute Gasteiger partial charge is 0.852 e. The van der Waals surface area contributed by atoms with E-state index in [1.54, 1.807) is 27.7 Å². The molecule has 4 nitrogen and oxygen atoms in total. The minimum absolute atomic E-state index is 0. The molecule has 0 saturated carbocycles. The minimum atomic E-state index is -0.384. The second-order valence-corrected chi connectivity index (χ2v) is 8.36. The summed E-state index contributed by atoms with van der Waals surface area (Å²) in [5.41, 5.74) is 0. The maximum absolute atomic E-state index is 10.5. The first-order valence-corrected chi connectivity index (χ1v) is 11.4. The van der Waals surface area contributed by atoms with Crippen LogP contribution in [0.5, 0.6) is 0 Å². The van der Waals surface area contributed by atoms with Gasteiger partial charge in [-0.05, 0) is 0 Å². The molecule has 0 fully saturated rings. The Morgan fingerprint density at radius 1 is 0.379 bits per heavy atom. The second-order valence-electron chi connectivity index (χ2n) is 8.36. The molecule has 0 amide bonds. The molecule has 0 aromatic rings. The zero-order chi connectivity index (χ0) is 23.4. The molecular formula is C24H52O4Si. The van der Waals surface area contributed by atoms with Crippen molar-refractivity contribution >= 4 is 11.0 Å². The first-order valence-electron chi connectivity index (χ1n) is 11.4. The largest absolute Gasteiger partial charge is 4.00 e. The van der Waals surface area contributed by atoms with Gasteiger partial charge in [0.25, 0.3) is 0 Å². The van der Waals surface area contributed by atoms with Gasteiger partial charge in [-0.2, -0.15) is 0 Å². The van der Waals surface area contributed by atoms with Crippen LogP contribution in [0.25, 0.3) is 0 Å². The van der Waals surface area contributed by atoms with Gasteiger partial charge in [-0.15, -0.1) is 24.4 Å². The Labute approximate surface area is 188 Å². The Morgan fingerprint density at radius 2 is 0.483 bits per heavy atom. The molecule has 0 N–H and O–H groups in total. The molecule has 29 heavy (non-hydrogen) atoms. The Balaban J connectivity index is -0.0000000873. The maximum atomic E-state index is 10.5. The molecule has 0 aliphatic rings. The van der Waals surface area contributed by atoms with Gasteiger partial charge in [-0.1, -0.05) is 132 Å². The first kappa shape index (κ1) is 39.5. The summed E-state index contributed by atoms with van der Waals surface area (Å²) >= 11 is 0. The van der Waals surface area contributed by atoms with Gasteiger partial charge in [-0.3, -0.25) is 0 Å². The van der Waals surface area contributed by atoms with Crippen molar-refractivity contribution in [2.75, 3.05) is 0 Å². The van der Waals surface area contributed by atoms with Gasteiger partial charge < -0.3 is 20.4 Å². The van der Waals surface area contributed by atoms with Gasteiger partial charge in [0.2, 0.25) is 0 Å². The van der Waals surface area contributed by atoms with E-state index in [9.17, 15) is 20.4 Å².